The minimum Gasteiger partial charge on any atom is -0.507 e. The van der Waals surface area contributed by atoms with Crippen LogP contribution in [0.1, 0.15) is 16.8 Å². The summed E-state index contributed by atoms with van der Waals surface area (Å²) in [6, 6.07) is 15.8. The van der Waals surface area contributed by atoms with E-state index in [0.717, 1.165) is 29.5 Å². The highest BCUT2D eigenvalue weighted by atomic mass is 19.4. The lowest BCUT2D eigenvalue weighted by Crippen LogP contribution is -2.05. The van der Waals surface area contributed by atoms with E-state index in [2.05, 4.69) is 4.98 Å². The number of phenolic OH excluding ortho intramolecular Hbond substituents is 1. The Hall–Kier alpha value is -2.82. The molecule has 0 radical (unpaired) electrons. The third-order valence-corrected chi connectivity index (χ3v) is 4.01. The number of alkyl halides is 3. The number of pyridine rings is 1. The Kier molecular flexibility index (Phi) is 4.74. The van der Waals surface area contributed by atoms with Crippen LogP contribution in [-0.4, -0.2) is 10.1 Å². The summed E-state index contributed by atoms with van der Waals surface area (Å²) in [6.07, 6.45) is -1.47. The molecule has 2 nitrogen and oxygen atoms in total. The van der Waals surface area contributed by atoms with Gasteiger partial charge in [0.05, 0.1) is 5.56 Å². The Labute approximate surface area is 143 Å². The first-order chi connectivity index (χ1) is 11.9. The van der Waals surface area contributed by atoms with Crippen LogP contribution in [0.25, 0.3) is 11.1 Å². The smallest absolute Gasteiger partial charge is 0.416 e. The third-order valence-electron chi connectivity index (χ3n) is 4.01. The maximum absolute atomic E-state index is 13.0. The van der Waals surface area contributed by atoms with Crippen molar-refractivity contribution in [3.05, 3.63) is 83.7 Å². The molecule has 0 atom stereocenters. The summed E-state index contributed by atoms with van der Waals surface area (Å²) in [6.45, 7) is 0. The monoisotopic (exact) mass is 343 g/mol. The van der Waals surface area contributed by atoms with Gasteiger partial charge in [0.1, 0.15) is 5.75 Å². The lowest BCUT2D eigenvalue weighted by Gasteiger charge is -2.14. The van der Waals surface area contributed by atoms with Gasteiger partial charge < -0.3 is 5.11 Å². The summed E-state index contributed by atoms with van der Waals surface area (Å²) < 4.78 is 39.0. The van der Waals surface area contributed by atoms with Gasteiger partial charge in [-0.05, 0) is 54.3 Å². The normalized spacial score (nSPS) is 11.5. The van der Waals surface area contributed by atoms with Crippen molar-refractivity contribution in [2.45, 2.75) is 19.0 Å². The number of aromatic nitrogens is 1. The zero-order valence-electron chi connectivity index (χ0n) is 13.3. The van der Waals surface area contributed by atoms with Crippen molar-refractivity contribution in [2.24, 2.45) is 0 Å². The van der Waals surface area contributed by atoms with Gasteiger partial charge in [-0.3, -0.25) is 4.98 Å². The fraction of sp³-hybridized carbons (Fsp3) is 0.150. The maximum Gasteiger partial charge on any atom is 0.416 e. The quantitative estimate of drug-likeness (QED) is 0.701. The lowest BCUT2D eigenvalue weighted by molar-refractivity contribution is -0.137. The van der Waals surface area contributed by atoms with Crippen LogP contribution < -0.4 is 0 Å². The zero-order valence-corrected chi connectivity index (χ0v) is 13.3. The Bertz CT molecular complexity index is 860. The molecule has 0 saturated carbocycles. The molecule has 5 heteroatoms. The average molecular weight is 343 g/mol. The van der Waals surface area contributed by atoms with Crippen LogP contribution in [0.15, 0.2) is 66.9 Å². The van der Waals surface area contributed by atoms with Crippen LogP contribution in [0.4, 0.5) is 13.2 Å². The molecule has 1 N–H and O–H groups in total. The van der Waals surface area contributed by atoms with Gasteiger partial charge in [-0.15, -0.1) is 0 Å². The van der Waals surface area contributed by atoms with Crippen LogP contribution in [0.3, 0.4) is 0 Å². The zero-order chi connectivity index (χ0) is 17.9. The second kappa shape index (κ2) is 6.97. The SMILES string of the molecule is Oc1ccc(C(F)(F)F)cc1-c1ccccc1CCc1ccccn1. The molecule has 0 aliphatic rings. The van der Waals surface area contributed by atoms with Crippen molar-refractivity contribution < 1.29 is 18.3 Å². The summed E-state index contributed by atoms with van der Waals surface area (Å²) in [5.41, 5.74) is 1.78. The molecule has 3 rings (SSSR count). The second-order valence-corrected chi connectivity index (χ2v) is 5.71. The highest BCUT2D eigenvalue weighted by Crippen LogP contribution is 2.38. The topological polar surface area (TPSA) is 33.1 Å². The standard InChI is InChI=1S/C20H16F3NO/c21-20(22,23)15-9-11-19(25)18(13-15)17-7-2-1-5-14(17)8-10-16-6-3-4-12-24-16/h1-7,9,11-13,25H,8,10H2. The maximum atomic E-state index is 13.0. The molecule has 1 heterocycles. The molecule has 0 fully saturated rings. The summed E-state index contributed by atoms with van der Waals surface area (Å²) >= 11 is 0. The van der Waals surface area contributed by atoms with Gasteiger partial charge in [-0.25, -0.2) is 0 Å². The summed E-state index contributed by atoms with van der Waals surface area (Å²) in [5, 5.41) is 10.1. The number of nitrogens with zero attached hydrogens (tertiary/aromatic N) is 1. The van der Waals surface area contributed by atoms with Gasteiger partial charge in [0, 0.05) is 17.5 Å². The molecular weight excluding hydrogens is 327 g/mol. The first-order valence-corrected chi connectivity index (χ1v) is 7.83. The van der Waals surface area contributed by atoms with Gasteiger partial charge in [0.15, 0.2) is 0 Å². The van der Waals surface area contributed by atoms with Crippen molar-refractivity contribution in [1.29, 1.82) is 0 Å². The molecule has 0 amide bonds. The molecule has 3 aromatic rings. The summed E-state index contributed by atoms with van der Waals surface area (Å²) in [4.78, 5) is 4.26. The average Bonchev–Trinajstić information content (AvgIpc) is 2.61. The number of hydrogen-bond acceptors (Lipinski definition) is 2. The number of aryl methyl sites for hydroxylation is 2. The Morgan fingerprint density at radius 2 is 1.60 bits per heavy atom. The lowest BCUT2D eigenvalue weighted by atomic mass is 9.94. The highest BCUT2D eigenvalue weighted by molar-refractivity contribution is 5.74. The van der Waals surface area contributed by atoms with Crippen molar-refractivity contribution in [1.82, 2.24) is 4.98 Å². The van der Waals surface area contributed by atoms with Crippen LogP contribution in [0, 0.1) is 0 Å². The number of hydrogen-bond donors (Lipinski definition) is 1. The predicted molar refractivity (Wildman–Crippen MR) is 90.2 cm³/mol. The third kappa shape index (κ3) is 3.99. The fourth-order valence-corrected chi connectivity index (χ4v) is 2.74. The predicted octanol–water partition coefficient (Wildman–Crippen LogP) is 5.26. The number of halogens is 3. The molecular formula is C20H16F3NO. The van der Waals surface area contributed by atoms with E-state index in [4.69, 9.17) is 0 Å². The molecule has 0 saturated heterocycles. The van der Waals surface area contributed by atoms with Crippen molar-refractivity contribution in [3.8, 4) is 16.9 Å². The van der Waals surface area contributed by atoms with Crippen molar-refractivity contribution >= 4 is 0 Å². The van der Waals surface area contributed by atoms with E-state index in [1.54, 1.807) is 18.3 Å². The van der Waals surface area contributed by atoms with Gasteiger partial charge in [0.2, 0.25) is 0 Å². The van der Waals surface area contributed by atoms with Gasteiger partial charge in [-0.2, -0.15) is 13.2 Å². The van der Waals surface area contributed by atoms with E-state index in [9.17, 15) is 18.3 Å². The van der Waals surface area contributed by atoms with Gasteiger partial charge >= 0.3 is 6.18 Å². The molecule has 0 spiro atoms. The van der Waals surface area contributed by atoms with Gasteiger partial charge in [0.25, 0.3) is 0 Å². The van der Waals surface area contributed by atoms with Crippen LogP contribution >= 0.6 is 0 Å². The Balaban J connectivity index is 1.96. The number of benzene rings is 2. The minimum atomic E-state index is -4.45. The Morgan fingerprint density at radius 1 is 0.840 bits per heavy atom. The second-order valence-electron chi connectivity index (χ2n) is 5.71. The number of rotatable bonds is 4. The van der Waals surface area contributed by atoms with E-state index < -0.39 is 11.7 Å². The molecule has 1 aromatic heterocycles. The molecule has 128 valence electrons. The van der Waals surface area contributed by atoms with Crippen LogP contribution in [-0.2, 0) is 19.0 Å². The number of aromatic hydroxyl groups is 1. The molecule has 0 bridgehead atoms. The molecule has 0 unspecified atom stereocenters. The fourth-order valence-electron chi connectivity index (χ4n) is 2.74. The first-order valence-electron chi connectivity index (χ1n) is 7.83. The van der Waals surface area contributed by atoms with Crippen LogP contribution in [0.2, 0.25) is 0 Å². The molecule has 0 aliphatic carbocycles. The number of phenols is 1. The van der Waals surface area contributed by atoms with Crippen molar-refractivity contribution in [3.63, 3.8) is 0 Å². The molecule has 2 aromatic carbocycles. The van der Waals surface area contributed by atoms with E-state index in [0.29, 0.717) is 18.4 Å². The van der Waals surface area contributed by atoms with Crippen LogP contribution in [0.5, 0.6) is 5.75 Å². The van der Waals surface area contributed by atoms with E-state index in [1.165, 1.54) is 0 Å². The largest absolute Gasteiger partial charge is 0.507 e. The van der Waals surface area contributed by atoms with E-state index in [1.807, 2.05) is 30.3 Å². The Morgan fingerprint density at radius 3 is 2.32 bits per heavy atom. The van der Waals surface area contributed by atoms with E-state index >= 15 is 0 Å². The summed E-state index contributed by atoms with van der Waals surface area (Å²) in [5.74, 6) is -0.168. The van der Waals surface area contributed by atoms with E-state index in [-0.39, 0.29) is 11.3 Å². The first kappa shape index (κ1) is 17.0. The minimum absolute atomic E-state index is 0.168. The molecule has 25 heavy (non-hydrogen) atoms. The highest BCUT2D eigenvalue weighted by Gasteiger charge is 2.31. The molecule has 0 aliphatic heterocycles. The summed E-state index contributed by atoms with van der Waals surface area (Å²) in [7, 11) is 0. The van der Waals surface area contributed by atoms with Crippen molar-refractivity contribution in [2.75, 3.05) is 0 Å². The van der Waals surface area contributed by atoms with Gasteiger partial charge in [-0.1, -0.05) is 30.3 Å².